The SMILES string of the molecule is C#C.CCN1CCOCCOCCOCCOCCOCC1. The van der Waals surface area contributed by atoms with Crippen LogP contribution in [-0.4, -0.2) is 90.6 Å². The summed E-state index contributed by atoms with van der Waals surface area (Å²) in [5.41, 5.74) is 0. The standard InChI is InChI=1S/C14H29NO5.C2H2/c1-2-15-3-5-16-7-9-18-11-13-20-14-12-19-10-8-17-6-4-15;1-2/h2-14H2,1H3;1-2H. The molecular weight excluding hydrogens is 286 g/mol. The van der Waals surface area contributed by atoms with Crippen LogP contribution < -0.4 is 0 Å². The minimum absolute atomic E-state index is 0.601. The zero-order valence-electron chi connectivity index (χ0n) is 13.8. The highest BCUT2D eigenvalue weighted by molar-refractivity contribution is 4.54. The molecule has 0 unspecified atom stereocenters. The van der Waals surface area contributed by atoms with Crippen LogP contribution >= 0.6 is 0 Å². The van der Waals surface area contributed by atoms with E-state index in [1.165, 1.54) is 0 Å². The van der Waals surface area contributed by atoms with Gasteiger partial charge in [0.25, 0.3) is 0 Å². The molecule has 6 nitrogen and oxygen atoms in total. The van der Waals surface area contributed by atoms with E-state index in [1.54, 1.807) is 0 Å². The van der Waals surface area contributed by atoms with Gasteiger partial charge in [-0.3, -0.25) is 4.90 Å². The summed E-state index contributed by atoms with van der Waals surface area (Å²) in [5, 5.41) is 0. The van der Waals surface area contributed by atoms with Crippen molar-refractivity contribution in [3.05, 3.63) is 0 Å². The van der Waals surface area contributed by atoms with Crippen molar-refractivity contribution in [1.82, 2.24) is 4.90 Å². The predicted octanol–water partition coefficient (Wildman–Crippen LogP) is 0.654. The second-order valence-electron chi connectivity index (χ2n) is 4.50. The summed E-state index contributed by atoms with van der Waals surface area (Å²) in [7, 11) is 0. The van der Waals surface area contributed by atoms with Crippen LogP contribution in [0.5, 0.6) is 0 Å². The highest BCUT2D eigenvalue weighted by atomic mass is 16.6. The van der Waals surface area contributed by atoms with Crippen LogP contribution in [0.25, 0.3) is 0 Å². The molecule has 0 N–H and O–H groups in total. The summed E-state index contributed by atoms with van der Waals surface area (Å²) in [6.07, 6.45) is 8.00. The van der Waals surface area contributed by atoms with Gasteiger partial charge in [0.05, 0.1) is 66.1 Å². The average Bonchev–Trinajstić information content (AvgIpc) is 2.56. The van der Waals surface area contributed by atoms with Gasteiger partial charge in [0.15, 0.2) is 0 Å². The van der Waals surface area contributed by atoms with Gasteiger partial charge in [-0.25, -0.2) is 0 Å². The first kappa shape index (κ1) is 21.3. The third kappa shape index (κ3) is 14.3. The number of hydrogen-bond acceptors (Lipinski definition) is 6. The van der Waals surface area contributed by atoms with E-state index in [4.69, 9.17) is 23.7 Å². The summed E-state index contributed by atoms with van der Waals surface area (Å²) >= 11 is 0. The summed E-state index contributed by atoms with van der Waals surface area (Å²) in [5.74, 6) is 0. The monoisotopic (exact) mass is 317 g/mol. The van der Waals surface area contributed by atoms with Gasteiger partial charge in [-0.05, 0) is 6.54 Å². The molecule has 0 radical (unpaired) electrons. The van der Waals surface area contributed by atoms with Crippen molar-refractivity contribution in [2.24, 2.45) is 0 Å². The van der Waals surface area contributed by atoms with E-state index in [9.17, 15) is 0 Å². The lowest BCUT2D eigenvalue weighted by molar-refractivity contribution is -0.0182. The predicted molar refractivity (Wildman–Crippen MR) is 86.1 cm³/mol. The lowest BCUT2D eigenvalue weighted by atomic mass is 10.5. The fourth-order valence-corrected chi connectivity index (χ4v) is 1.80. The number of hydrogen-bond donors (Lipinski definition) is 0. The molecule has 1 saturated heterocycles. The highest BCUT2D eigenvalue weighted by Crippen LogP contribution is 1.91. The molecule has 22 heavy (non-hydrogen) atoms. The average molecular weight is 317 g/mol. The molecule has 1 fully saturated rings. The summed E-state index contributed by atoms with van der Waals surface area (Å²) in [6.45, 7) is 11.4. The zero-order valence-corrected chi connectivity index (χ0v) is 13.8. The van der Waals surface area contributed by atoms with Crippen molar-refractivity contribution in [2.75, 3.05) is 85.7 Å². The van der Waals surface area contributed by atoms with Crippen LogP contribution in [0.2, 0.25) is 0 Å². The molecule has 0 bridgehead atoms. The van der Waals surface area contributed by atoms with Gasteiger partial charge >= 0.3 is 0 Å². The third-order valence-electron chi connectivity index (χ3n) is 3.04. The number of ether oxygens (including phenoxy) is 5. The normalized spacial score (nSPS) is 21.8. The lowest BCUT2D eigenvalue weighted by Crippen LogP contribution is -2.31. The molecule has 1 heterocycles. The molecule has 0 amide bonds. The summed E-state index contributed by atoms with van der Waals surface area (Å²) < 4.78 is 27.3. The fraction of sp³-hybridized carbons (Fsp3) is 0.875. The van der Waals surface area contributed by atoms with Gasteiger partial charge in [-0.15, -0.1) is 12.8 Å². The molecule has 0 spiro atoms. The minimum Gasteiger partial charge on any atom is -0.378 e. The van der Waals surface area contributed by atoms with Crippen LogP contribution in [0.4, 0.5) is 0 Å². The molecule has 1 aliphatic rings. The molecule has 0 atom stereocenters. The maximum atomic E-state index is 5.54. The van der Waals surface area contributed by atoms with Crippen LogP contribution in [0, 0.1) is 12.8 Å². The molecule has 1 rings (SSSR count). The van der Waals surface area contributed by atoms with Gasteiger partial charge in [0.1, 0.15) is 0 Å². The molecule has 0 aromatic rings. The zero-order chi connectivity index (χ0) is 16.3. The highest BCUT2D eigenvalue weighted by Gasteiger charge is 2.02. The lowest BCUT2D eigenvalue weighted by Gasteiger charge is -2.20. The molecule has 1 aliphatic heterocycles. The Balaban J connectivity index is 0.00000211. The summed E-state index contributed by atoms with van der Waals surface area (Å²) in [6, 6.07) is 0. The number of terminal acetylenes is 1. The Labute approximate surface area is 135 Å². The largest absolute Gasteiger partial charge is 0.378 e. The van der Waals surface area contributed by atoms with E-state index >= 15 is 0 Å². The van der Waals surface area contributed by atoms with Crippen molar-refractivity contribution in [3.63, 3.8) is 0 Å². The molecular formula is C16H31NO5. The van der Waals surface area contributed by atoms with Gasteiger partial charge < -0.3 is 23.7 Å². The summed E-state index contributed by atoms with van der Waals surface area (Å²) in [4.78, 5) is 2.32. The van der Waals surface area contributed by atoms with Crippen molar-refractivity contribution < 1.29 is 23.7 Å². The van der Waals surface area contributed by atoms with Crippen molar-refractivity contribution >= 4 is 0 Å². The Morgan fingerprint density at radius 1 is 0.591 bits per heavy atom. The van der Waals surface area contributed by atoms with Crippen molar-refractivity contribution in [1.29, 1.82) is 0 Å². The van der Waals surface area contributed by atoms with Gasteiger partial charge in [0.2, 0.25) is 0 Å². The fourth-order valence-electron chi connectivity index (χ4n) is 1.80. The second-order valence-corrected chi connectivity index (χ2v) is 4.50. The molecule has 0 saturated carbocycles. The molecule has 0 aliphatic carbocycles. The van der Waals surface area contributed by atoms with Crippen LogP contribution in [0.3, 0.4) is 0 Å². The molecule has 0 aromatic carbocycles. The Hall–Kier alpha value is -0.680. The first-order valence-corrected chi connectivity index (χ1v) is 7.88. The van der Waals surface area contributed by atoms with E-state index in [-0.39, 0.29) is 0 Å². The van der Waals surface area contributed by atoms with E-state index in [1.807, 2.05) is 0 Å². The van der Waals surface area contributed by atoms with E-state index < -0.39 is 0 Å². The van der Waals surface area contributed by atoms with Crippen molar-refractivity contribution in [3.8, 4) is 12.8 Å². The third-order valence-corrected chi connectivity index (χ3v) is 3.04. The van der Waals surface area contributed by atoms with Gasteiger partial charge in [-0.2, -0.15) is 0 Å². The molecule has 130 valence electrons. The Kier molecular flexibility index (Phi) is 17.8. The molecule has 6 heteroatoms. The van der Waals surface area contributed by atoms with Crippen LogP contribution in [0.1, 0.15) is 6.92 Å². The quantitative estimate of drug-likeness (QED) is 0.662. The smallest absolute Gasteiger partial charge is 0.0701 e. The van der Waals surface area contributed by atoms with E-state index in [2.05, 4.69) is 24.7 Å². The van der Waals surface area contributed by atoms with Crippen LogP contribution in [0.15, 0.2) is 0 Å². The number of nitrogens with zero attached hydrogens (tertiary/aromatic N) is 1. The van der Waals surface area contributed by atoms with Crippen LogP contribution in [-0.2, 0) is 23.7 Å². The van der Waals surface area contributed by atoms with E-state index in [0.717, 1.165) is 32.8 Å². The topological polar surface area (TPSA) is 49.4 Å². The maximum absolute atomic E-state index is 5.54. The molecule has 0 aromatic heterocycles. The van der Waals surface area contributed by atoms with Crippen molar-refractivity contribution in [2.45, 2.75) is 6.92 Å². The maximum Gasteiger partial charge on any atom is 0.0701 e. The number of rotatable bonds is 1. The van der Waals surface area contributed by atoms with Gasteiger partial charge in [0, 0.05) is 13.1 Å². The minimum atomic E-state index is 0.601. The van der Waals surface area contributed by atoms with E-state index in [0.29, 0.717) is 52.9 Å². The van der Waals surface area contributed by atoms with Gasteiger partial charge in [-0.1, -0.05) is 6.92 Å². The Bertz CT molecular complexity index is 220. The Morgan fingerprint density at radius 2 is 0.864 bits per heavy atom. The number of likely N-dealkylation sites (N-methyl/N-ethyl adjacent to an activating group) is 1. The first-order chi connectivity index (χ1) is 10.9. The second kappa shape index (κ2) is 18.4. The first-order valence-electron chi connectivity index (χ1n) is 7.88. The Morgan fingerprint density at radius 3 is 1.14 bits per heavy atom.